The predicted molar refractivity (Wildman–Crippen MR) is 312 cm³/mol. The Labute approximate surface area is 448 Å². The fourth-order valence-corrected chi connectivity index (χ4v) is 9.34. The van der Waals surface area contributed by atoms with Crippen molar-refractivity contribution in [2.24, 2.45) is 0 Å². The second kappa shape index (κ2) is 60.9. The van der Waals surface area contributed by atoms with Crippen molar-refractivity contribution in [3.63, 3.8) is 0 Å². The summed E-state index contributed by atoms with van der Waals surface area (Å²) in [6.07, 6.45) is 75.6. The molecule has 1 unspecified atom stereocenters. The normalized spacial score (nSPS) is 12.3. The van der Waals surface area contributed by atoms with Crippen LogP contribution >= 0.6 is 0 Å². The van der Waals surface area contributed by atoms with Gasteiger partial charge < -0.3 is 14.2 Å². The Morgan fingerprint density at radius 2 is 0.542 bits per heavy atom. The van der Waals surface area contributed by atoms with Gasteiger partial charge in [-0.3, -0.25) is 14.4 Å². The molecule has 0 aliphatic rings. The zero-order valence-corrected chi connectivity index (χ0v) is 48.2. The van der Waals surface area contributed by atoms with E-state index in [-0.39, 0.29) is 31.1 Å². The van der Waals surface area contributed by atoms with E-state index in [4.69, 9.17) is 14.2 Å². The van der Waals surface area contributed by atoms with Gasteiger partial charge in [0.05, 0.1) is 0 Å². The molecule has 0 amide bonds. The summed E-state index contributed by atoms with van der Waals surface area (Å²) in [7, 11) is 0. The Morgan fingerprint density at radius 1 is 0.292 bits per heavy atom. The Kier molecular flexibility index (Phi) is 58.7. The van der Waals surface area contributed by atoms with Gasteiger partial charge in [-0.05, 0) is 77.0 Å². The Balaban J connectivity index is 4.25. The van der Waals surface area contributed by atoms with E-state index < -0.39 is 6.10 Å². The van der Waals surface area contributed by atoms with Gasteiger partial charge in [0.25, 0.3) is 0 Å². The monoisotopic (exact) mass is 1010 g/mol. The fourth-order valence-electron chi connectivity index (χ4n) is 9.34. The van der Waals surface area contributed by atoms with Crippen LogP contribution in [0.5, 0.6) is 0 Å². The van der Waals surface area contributed by atoms with Gasteiger partial charge in [-0.1, -0.05) is 288 Å². The first-order valence-electron chi connectivity index (χ1n) is 31.6. The Morgan fingerprint density at radius 3 is 0.875 bits per heavy atom. The van der Waals surface area contributed by atoms with E-state index in [0.717, 1.165) is 83.5 Å². The number of hydrogen-bond donors (Lipinski definition) is 0. The molecule has 0 aromatic carbocycles. The molecule has 420 valence electrons. The maximum atomic E-state index is 12.9. The van der Waals surface area contributed by atoms with Crippen LogP contribution in [0.25, 0.3) is 0 Å². The van der Waals surface area contributed by atoms with Gasteiger partial charge in [0.1, 0.15) is 13.2 Å². The van der Waals surface area contributed by atoms with Gasteiger partial charge >= 0.3 is 17.9 Å². The van der Waals surface area contributed by atoms with Crippen LogP contribution in [0.2, 0.25) is 0 Å². The van der Waals surface area contributed by atoms with Crippen molar-refractivity contribution < 1.29 is 28.6 Å². The number of rotatable bonds is 58. The number of esters is 3. The van der Waals surface area contributed by atoms with E-state index in [2.05, 4.69) is 69.4 Å². The second-order valence-electron chi connectivity index (χ2n) is 21.3. The highest BCUT2D eigenvalue weighted by Crippen LogP contribution is 2.17. The SMILES string of the molecule is CC/C=C\C/C=C\C/C=C\CCCCCC(=O)OCC(COC(=O)CCCCCCCCCCCCCCC/C=C\CCCCCCCCCC)OC(=O)CCCCCCCCCCCCCCCCCC. The largest absolute Gasteiger partial charge is 0.462 e. The summed E-state index contributed by atoms with van der Waals surface area (Å²) in [6, 6.07) is 0. The molecule has 0 N–H and O–H groups in total. The van der Waals surface area contributed by atoms with Crippen LogP contribution in [0.4, 0.5) is 0 Å². The van der Waals surface area contributed by atoms with Crippen molar-refractivity contribution in [1.29, 1.82) is 0 Å². The zero-order valence-electron chi connectivity index (χ0n) is 48.2. The van der Waals surface area contributed by atoms with Gasteiger partial charge in [0.15, 0.2) is 6.10 Å². The fraction of sp³-hybridized carbons (Fsp3) is 0.833. The minimum Gasteiger partial charge on any atom is -0.462 e. The molecule has 0 radical (unpaired) electrons. The molecule has 0 rings (SSSR count). The van der Waals surface area contributed by atoms with Crippen LogP contribution in [0.3, 0.4) is 0 Å². The Bertz CT molecular complexity index is 1250. The third kappa shape index (κ3) is 58.3. The lowest BCUT2D eigenvalue weighted by atomic mass is 10.0. The molecule has 1 atom stereocenters. The quantitative estimate of drug-likeness (QED) is 0.0261. The van der Waals surface area contributed by atoms with Gasteiger partial charge in [-0.25, -0.2) is 0 Å². The van der Waals surface area contributed by atoms with Crippen LogP contribution in [-0.2, 0) is 28.6 Å². The summed E-state index contributed by atoms with van der Waals surface area (Å²) in [4.78, 5) is 38.2. The summed E-state index contributed by atoms with van der Waals surface area (Å²) in [5.74, 6) is -0.890. The van der Waals surface area contributed by atoms with Crippen molar-refractivity contribution >= 4 is 17.9 Å². The lowest BCUT2D eigenvalue weighted by molar-refractivity contribution is -0.167. The maximum absolute atomic E-state index is 12.9. The van der Waals surface area contributed by atoms with Crippen molar-refractivity contribution in [3.8, 4) is 0 Å². The average molecular weight is 1010 g/mol. The number of carbonyl (C=O) groups is 3. The van der Waals surface area contributed by atoms with E-state index in [1.807, 2.05) is 0 Å². The van der Waals surface area contributed by atoms with Gasteiger partial charge in [-0.2, -0.15) is 0 Å². The first kappa shape index (κ1) is 69.4. The molecule has 0 fully saturated rings. The van der Waals surface area contributed by atoms with Crippen molar-refractivity contribution in [3.05, 3.63) is 48.6 Å². The number of unbranched alkanes of at least 4 members (excludes halogenated alkanes) is 39. The second-order valence-corrected chi connectivity index (χ2v) is 21.3. The number of ether oxygens (including phenoxy) is 3. The smallest absolute Gasteiger partial charge is 0.306 e. The summed E-state index contributed by atoms with van der Waals surface area (Å²) in [5, 5.41) is 0. The molecule has 6 nitrogen and oxygen atoms in total. The molecular formula is C66H120O6. The van der Waals surface area contributed by atoms with Crippen LogP contribution in [0, 0.1) is 0 Å². The minimum atomic E-state index is -0.783. The van der Waals surface area contributed by atoms with Gasteiger partial charge in [-0.15, -0.1) is 0 Å². The minimum absolute atomic E-state index is 0.0788. The zero-order chi connectivity index (χ0) is 52.2. The molecule has 0 aliphatic carbocycles. The van der Waals surface area contributed by atoms with Crippen LogP contribution in [0.1, 0.15) is 335 Å². The molecular weight excluding hydrogens is 889 g/mol. The van der Waals surface area contributed by atoms with E-state index >= 15 is 0 Å². The third-order valence-corrected chi connectivity index (χ3v) is 14.1. The molecule has 0 saturated carbocycles. The summed E-state index contributed by atoms with van der Waals surface area (Å²) < 4.78 is 16.9. The predicted octanol–water partition coefficient (Wildman–Crippen LogP) is 21.4. The third-order valence-electron chi connectivity index (χ3n) is 14.1. The molecule has 0 spiro atoms. The molecule has 6 heteroatoms. The highest BCUT2D eigenvalue weighted by Gasteiger charge is 2.19. The van der Waals surface area contributed by atoms with Crippen molar-refractivity contribution in [2.75, 3.05) is 13.2 Å². The molecule has 0 aromatic heterocycles. The number of hydrogen-bond acceptors (Lipinski definition) is 6. The van der Waals surface area contributed by atoms with E-state index in [9.17, 15) is 14.4 Å². The molecule has 0 bridgehead atoms. The molecule has 72 heavy (non-hydrogen) atoms. The first-order valence-corrected chi connectivity index (χ1v) is 31.6. The number of carbonyl (C=O) groups excluding carboxylic acids is 3. The van der Waals surface area contributed by atoms with Gasteiger partial charge in [0, 0.05) is 19.3 Å². The highest BCUT2D eigenvalue weighted by atomic mass is 16.6. The average Bonchev–Trinajstić information content (AvgIpc) is 3.38. The first-order chi connectivity index (χ1) is 35.5. The van der Waals surface area contributed by atoms with E-state index in [1.165, 1.54) is 212 Å². The molecule has 0 aliphatic heterocycles. The van der Waals surface area contributed by atoms with Crippen molar-refractivity contribution in [2.45, 2.75) is 341 Å². The summed E-state index contributed by atoms with van der Waals surface area (Å²) in [5.41, 5.74) is 0. The highest BCUT2D eigenvalue weighted by molar-refractivity contribution is 5.71. The summed E-state index contributed by atoms with van der Waals surface area (Å²) in [6.45, 7) is 6.55. The Hall–Kier alpha value is -2.63. The standard InChI is InChI=1S/C66H120O6/c1-4-7-10-13-16-19-22-25-27-29-30-31-32-33-34-35-36-37-39-41-44-47-50-53-56-59-65(68)71-62-63(61-70-64(67)58-55-52-49-46-43-40-24-21-18-15-12-9-6-3)72-66(69)60-57-54-51-48-45-42-38-28-26-23-20-17-14-11-8-5-2/h9,12,18,21,29-30,40,43,63H,4-8,10-11,13-17,19-20,22-28,31-39,41-42,44-62H2,1-3H3/b12-9-,21-18-,30-29-,43-40-. The lowest BCUT2D eigenvalue weighted by Crippen LogP contribution is -2.30. The van der Waals surface area contributed by atoms with Crippen molar-refractivity contribution in [1.82, 2.24) is 0 Å². The van der Waals surface area contributed by atoms with Crippen LogP contribution in [0.15, 0.2) is 48.6 Å². The van der Waals surface area contributed by atoms with E-state index in [0.29, 0.717) is 19.3 Å². The molecule has 0 heterocycles. The topological polar surface area (TPSA) is 78.9 Å². The maximum Gasteiger partial charge on any atom is 0.306 e. The van der Waals surface area contributed by atoms with Crippen LogP contribution < -0.4 is 0 Å². The molecule has 0 saturated heterocycles. The van der Waals surface area contributed by atoms with Gasteiger partial charge in [0.2, 0.25) is 0 Å². The number of allylic oxidation sites excluding steroid dienone is 8. The molecule has 0 aromatic rings. The summed E-state index contributed by atoms with van der Waals surface area (Å²) >= 11 is 0. The lowest BCUT2D eigenvalue weighted by Gasteiger charge is -2.18. The van der Waals surface area contributed by atoms with Crippen LogP contribution in [-0.4, -0.2) is 37.2 Å². The van der Waals surface area contributed by atoms with E-state index in [1.54, 1.807) is 0 Å².